The third-order valence-corrected chi connectivity index (χ3v) is 5.70. The molecule has 2 heterocycles. The lowest BCUT2D eigenvalue weighted by Gasteiger charge is -2.07. The van der Waals surface area contributed by atoms with Crippen molar-refractivity contribution < 1.29 is 13.6 Å². The van der Waals surface area contributed by atoms with Gasteiger partial charge in [0, 0.05) is 46.4 Å². The molecule has 29 heavy (non-hydrogen) atoms. The smallest absolute Gasteiger partial charge is 0.220 e. The van der Waals surface area contributed by atoms with E-state index in [2.05, 4.69) is 10.3 Å². The highest BCUT2D eigenvalue weighted by molar-refractivity contribution is 7.15. The molecule has 0 bridgehead atoms. The molecule has 0 aliphatic carbocycles. The zero-order chi connectivity index (χ0) is 20.4. The van der Waals surface area contributed by atoms with Crippen LogP contribution in [-0.2, 0) is 17.8 Å². The maximum absolute atomic E-state index is 13.6. The molecule has 2 aromatic carbocycles. The summed E-state index contributed by atoms with van der Waals surface area (Å²) in [6, 6.07) is 11.1. The molecule has 1 N–H and O–H groups in total. The highest BCUT2D eigenvalue weighted by Gasteiger charge is 2.13. The van der Waals surface area contributed by atoms with Crippen LogP contribution >= 0.6 is 22.9 Å². The van der Waals surface area contributed by atoms with Gasteiger partial charge in [0.2, 0.25) is 5.91 Å². The van der Waals surface area contributed by atoms with Crippen LogP contribution < -0.4 is 5.32 Å². The third kappa shape index (κ3) is 4.31. The number of fused-ring (bicyclic) bond motifs is 1. The van der Waals surface area contributed by atoms with Gasteiger partial charge in [0.05, 0.1) is 5.69 Å². The Hall–Kier alpha value is -2.77. The minimum atomic E-state index is -0.669. The van der Waals surface area contributed by atoms with Crippen molar-refractivity contribution >= 4 is 33.8 Å². The summed E-state index contributed by atoms with van der Waals surface area (Å²) in [4.78, 5) is 17.6. The number of amides is 1. The van der Waals surface area contributed by atoms with Crippen molar-refractivity contribution in [1.82, 2.24) is 14.7 Å². The van der Waals surface area contributed by atoms with Crippen molar-refractivity contribution in [3.63, 3.8) is 0 Å². The molecular weight excluding hydrogens is 416 g/mol. The number of rotatable bonds is 6. The van der Waals surface area contributed by atoms with Crippen LogP contribution in [0, 0.1) is 11.6 Å². The van der Waals surface area contributed by atoms with Crippen LogP contribution in [0.5, 0.6) is 0 Å². The van der Waals surface area contributed by atoms with Crippen LogP contribution in [0.25, 0.3) is 16.2 Å². The van der Waals surface area contributed by atoms with E-state index in [1.54, 1.807) is 0 Å². The van der Waals surface area contributed by atoms with Crippen molar-refractivity contribution in [3.8, 4) is 11.3 Å². The van der Waals surface area contributed by atoms with Crippen molar-refractivity contribution in [1.29, 1.82) is 0 Å². The summed E-state index contributed by atoms with van der Waals surface area (Å²) in [7, 11) is 0. The monoisotopic (exact) mass is 431 g/mol. The Kier molecular flexibility index (Phi) is 5.60. The number of nitrogens with one attached hydrogen (secondary N) is 1. The predicted molar refractivity (Wildman–Crippen MR) is 110 cm³/mol. The number of nitrogens with zero attached hydrogens (tertiary/aromatic N) is 2. The lowest BCUT2D eigenvalue weighted by atomic mass is 10.2. The van der Waals surface area contributed by atoms with Crippen LogP contribution in [-0.4, -0.2) is 15.3 Å². The lowest BCUT2D eigenvalue weighted by Crippen LogP contribution is -2.24. The molecule has 0 unspecified atom stereocenters. The van der Waals surface area contributed by atoms with Gasteiger partial charge in [0.25, 0.3) is 0 Å². The van der Waals surface area contributed by atoms with E-state index in [4.69, 9.17) is 11.6 Å². The number of thiazole rings is 1. The molecule has 0 aliphatic rings. The molecule has 2 aromatic heterocycles. The molecule has 0 aliphatic heterocycles. The van der Waals surface area contributed by atoms with E-state index >= 15 is 0 Å². The van der Waals surface area contributed by atoms with E-state index in [0.29, 0.717) is 11.4 Å². The van der Waals surface area contributed by atoms with Gasteiger partial charge >= 0.3 is 0 Å². The Morgan fingerprint density at radius 3 is 2.59 bits per heavy atom. The van der Waals surface area contributed by atoms with E-state index in [1.165, 1.54) is 29.5 Å². The van der Waals surface area contributed by atoms with Gasteiger partial charge in [-0.15, -0.1) is 11.3 Å². The molecule has 4 rings (SSSR count). The molecular formula is C21H16ClF2N3OS. The molecule has 0 radical (unpaired) electrons. The SMILES string of the molecule is O=C(CCc1csc2nc(-c3ccc(Cl)cc3)cn12)NCc1c(F)cccc1F. The number of benzene rings is 2. The Balaban J connectivity index is 1.40. The highest BCUT2D eigenvalue weighted by Crippen LogP contribution is 2.25. The fourth-order valence-electron chi connectivity index (χ4n) is 2.99. The number of aryl methyl sites for hydroxylation is 1. The first-order valence-corrected chi connectivity index (χ1v) is 10.2. The number of halogens is 3. The molecule has 0 atom stereocenters. The Bertz CT molecular complexity index is 1150. The summed E-state index contributed by atoms with van der Waals surface area (Å²) in [5, 5.41) is 5.19. The van der Waals surface area contributed by atoms with Crippen LogP contribution in [0.4, 0.5) is 8.78 Å². The topological polar surface area (TPSA) is 46.4 Å². The Morgan fingerprint density at radius 1 is 1.14 bits per heavy atom. The quantitative estimate of drug-likeness (QED) is 0.453. The second-order valence-electron chi connectivity index (χ2n) is 6.49. The van der Waals surface area contributed by atoms with Crippen molar-refractivity contribution in [3.05, 3.63) is 82.0 Å². The molecule has 1 amide bonds. The molecule has 0 spiro atoms. The number of aromatic nitrogens is 2. The van der Waals surface area contributed by atoms with Crippen molar-refractivity contribution in [2.75, 3.05) is 0 Å². The van der Waals surface area contributed by atoms with E-state index in [9.17, 15) is 13.6 Å². The minimum absolute atomic E-state index is 0.138. The van der Waals surface area contributed by atoms with Crippen LogP contribution in [0.3, 0.4) is 0 Å². The number of hydrogen-bond donors (Lipinski definition) is 1. The summed E-state index contributed by atoms with van der Waals surface area (Å²) in [5.74, 6) is -1.61. The fourth-order valence-corrected chi connectivity index (χ4v) is 4.02. The Morgan fingerprint density at radius 2 is 1.86 bits per heavy atom. The van der Waals surface area contributed by atoms with Crippen molar-refractivity contribution in [2.24, 2.45) is 0 Å². The van der Waals surface area contributed by atoms with Gasteiger partial charge < -0.3 is 5.32 Å². The van der Waals surface area contributed by atoms with E-state index in [-0.39, 0.29) is 24.4 Å². The summed E-state index contributed by atoms with van der Waals surface area (Å²) < 4.78 is 29.2. The van der Waals surface area contributed by atoms with Gasteiger partial charge in [-0.2, -0.15) is 0 Å². The third-order valence-electron chi connectivity index (χ3n) is 4.56. The molecule has 0 saturated heterocycles. The van der Waals surface area contributed by atoms with Gasteiger partial charge in [-0.25, -0.2) is 13.8 Å². The van der Waals surface area contributed by atoms with Gasteiger partial charge in [0.1, 0.15) is 11.6 Å². The fraction of sp³-hybridized carbons (Fsp3) is 0.143. The first kappa shape index (κ1) is 19.5. The first-order chi connectivity index (χ1) is 14.0. The van der Waals surface area contributed by atoms with Gasteiger partial charge in [-0.05, 0) is 30.7 Å². The van der Waals surface area contributed by atoms with E-state index < -0.39 is 11.6 Å². The predicted octanol–water partition coefficient (Wildman–Crippen LogP) is 5.24. The highest BCUT2D eigenvalue weighted by atomic mass is 35.5. The zero-order valence-corrected chi connectivity index (χ0v) is 16.7. The van der Waals surface area contributed by atoms with Gasteiger partial charge in [-0.3, -0.25) is 9.20 Å². The molecule has 8 heteroatoms. The Labute approximate surface area is 174 Å². The minimum Gasteiger partial charge on any atom is -0.352 e. The molecule has 148 valence electrons. The second kappa shape index (κ2) is 8.31. The number of imidazole rings is 1. The average molecular weight is 432 g/mol. The first-order valence-electron chi connectivity index (χ1n) is 8.92. The summed E-state index contributed by atoms with van der Waals surface area (Å²) in [6.45, 7) is -0.178. The number of hydrogen-bond acceptors (Lipinski definition) is 3. The maximum Gasteiger partial charge on any atom is 0.220 e. The maximum atomic E-state index is 13.6. The summed E-state index contributed by atoms with van der Waals surface area (Å²) >= 11 is 7.43. The molecule has 0 fully saturated rings. The summed E-state index contributed by atoms with van der Waals surface area (Å²) in [5.41, 5.74) is 2.60. The van der Waals surface area contributed by atoms with E-state index in [1.807, 2.05) is 40.2 Å². The average Bonchev–Trinajstić information content (AvgIpc) is 3.28. The molecule has 0 saturated carbocycles. The largest absolute Gasteiger partial charge is 0.352 e. The lowest BCUT2D eigenvalue weighted by molar-refractivity contribution is -0.121. The molecule has 4 aromatic rings. The standard InChI is InChI=1S/C21H16ClF2N3OS/c22-14-6-4-13(5-7-14)19-11-27-15(12-29-21(27)26-19)8-9-20(28)25-10-16-17(23)2-1-3-18(16)24/h1-7,11-12H,8-10H2,(H,25,28). The van der Waals surface area contributed by atoms with Gasteiger partial charge in [0.15, 0.2) is 4.96 Å². The number of carbonyl (C=O) groups is 1. The van der Waals surface area contributed by atoms with Crippen LogP contribution in [0.15, 0.2) is 54.0 Å². The van der Waals surface area contributed by atoms with E-state index in [0.717, 1.165) is 21.9 Å². The zero-order valence-electron chi connectivity index (χ0n) is 15.2. The van der Waals surface area contributed by atoms with Crippen LogP contribution in [0.2, 0.25) is 5.02 Å². The molecule has 4 nitrogen and oxygen atoms in total. The van der Waals surface area contributed by atoms with Gasteiger partial charge in [-0.1, -0.05) is 29.8 Å². The normalized spacial score (nSPS) is 11.1. The summed E-state index contributed by atoms with van der Waals surface area (Å²) in [6.07, 6.45) is 2.62. The second-order valence-corrected chi connectivity index (χ2v) is 7.76. The van der Waals surface area contributed by atoms with Crippen molar-refractivity contribution in [2.45, 2.75) is 19.4 Å². The van der Waals surface area contributed by atoms with Crippen LogP contribution in [0.1, 0.15) is 17.7 Å². The number of carbonyl (C=O) groups excluding carboxylic acids is 1.